The first-order valence-corrected chi connectivity index (χ1v) is 14.2. The molecule has 0 aliphatic heterocycles. The second kappa shape index (κ2) is 11.1. The van der Waals surface area contributed by atoms with Crippen molar-refractivity contribution in [3.8, 4) is 22.5 Å². The number of pyridine rings is 2. The van der Waals surface area contributed by atoms with Crippen LogP contribution in [0.2, 0.25) is 10.0 Å². The highest BCUT2D eigenvalue weighted by atomic mass is 35.5. The molecule has 0 amide bonds. The molecule has 0 saturated heterocycles. The van der Waals surface area contributed by atoms with E-state index in [2.05, 4.69) is 9.97 Å². The lowest BCUT2D eigenvalue weighted by atomic mass is 10.0. The number of nitrogens with zero attached hydrogens (tertiary/aromatic N) is 5. The van der Waals surface area contributed by atoms with Crippen molar-refractivity contribution in [1.82, 2.24) is 19.9 Å². The van der Waals surface area contributed by atoms with Crippen LogP contribution in [0.1, 0.15) is 0 Å². The second-order valence-electron chi connectivity index (χ2n) is 9.97. The van der Waals surface area contributed by atoms with Crippen molar-refractivity contribution in [2.45, 2.75) is 0 Å². The van der Waals surface area contributed by atoms with E-state index in [1.54, 1.807) is 18.2 Å². The maximum Gasteiger partial charge on any atom is 0.143 e. The number of benzene rings is 4. The molecule has 10 heteroatoms. The molecule has 0 saturated carbocycles. The van der Waals surface area contributed by atoms with Crippen molar-refractivity contribution in [3.05, 3.63) is 131 Å². The molecule has 4 aromatic carbocycles. The fourth-order valence-electron chi connectivity index (χ4n) is 5.21. The van der Waals surface area contributed by atoms with Gasteiger partial charge < -0.3 is 5.73 Å². The summed E-state index contributed by atoms with van der Waals surface area (Å²) in [6, 6.07) is 28.8. The molecule has 3 aromatic heterocycles. The zero-order valence-corrected chi connectivity index (χ0v) is 24.2. The van der Waals surface area contributed by atoms with Crippen molar-refractivity contribution in [2.24, 2.45) is 0 Å². The molecule has 7 rings (SSSR count). The van der Waals surface area contributed by atoms with Crippen LogP contribution in [0.5, 0.6) is 0 Å². The van der Waals surface area contributed by atoms with E-state index in [1.807, 2.05) is 53.4 Å². The minimum absolute atomic E-state index is 0.230. The predicted octanol–water partition coefficient (Wildman–Crippen LogP) is 9.54. The minimum atomic E-state index is -0.478. The fraction of sp³-hybridized carbons (Fsp3) is 0. The van der Waals surface area contributed by atoms with E-state index in [0.717, 1.165) is 10.8 Å². The molecule has 0 atom stereocenters. The lowest BCUT2D eigenvalue weighted by molar-refractivity contribution is 0.630. The molecule has 3 heterocycles. The Balaban J connectivity index is 1.59. The van der Waals surface area contributed by atoms with E-state index in [1.165, 1.54) is 42.7 Å². The molecule has 0 unspecified atom stereocenters. The van der Waals surface area contributed by atoms with E-state index in [-0.39, 0.29) is 16.9 Å². The summed E-state index contributed by atoms with van der Waals surface area (Å²) >= 11 is 12.6. The molecule has 214 valence electrons. The van der Waals surface area contributed by atoms with Crippen LogP contribution in [0.3, 0.4) is 0 Å². The zero-order chi connectivity index (χ0) is 30.4. The molecule has 0 radical (unpaired) electrons. The van der Waals surface area contributed by atoms with Crippen molar-refractivity contribution in [3.63, 3.8) is 0 Å². The minimum Gasteiger partial charge on any atom is -0.384 e. The highest BCUT2D eigenvalue weighted by Gasteiger charge is 2.24. The summed E-state index contributed by atoms with van der Waals surface area (Å²) in [5, 5.41) is 2.22. The number of hydrogen-bond donors (Lipinski definition) is 1. The number of aromatic nitrogens is 4. The average Bonchev–Trinajstić information content (AvgIpc) is 3.03. The number of hydrogen-bond acceptors (Lipinski definition) is 6. The molecule has 0 spiro atoms. The van der Waals surface area contributed by atoms with Gasteiger partial charge in [-0.3, -0.25) is 4.90 Å². The van der Waals surface area contributed by atoms with Gasteiger partial charge in [-0.1, -0.05) is 59.6 Å². The number of fused-ring (bicyclic) bond motifs is 2. The Morgan fingerprint density at radius 3 is 1.59 bits per heavy atom. The summed E-state index contributed by atoms with van der Waals surface area (Å²) in [6.07, 6.45) is 1.36. The molecule has 0 aliphatic carbocycles. The van der Waals surface area contributed by atoms with Crippen molar-refractivity contribution < 1.29 is 8.78 Å². The van der Waals surface area contributed by atoms with Gasteiger partial charge >= 0.3 is 0 Å². The Hall–Kier alpha value is -5.18. The van der Waals surface area contributed by atoms with Gasteiger partial charge in [-0.05, 0) is 60.7 Å². The predicted molar refractivity (Wildman–Crippen MR) is 173 cm³/mol. The summed E-state index contributed by atoms with van der Waals surface area (Å²) in [6.45, 7) is 0. The van der Waals surface area contributed by atoms with Gasteiger partial charge in [0.25, 0.3) is 0 Å². The van der Waals surface area contributed by atoms with Gasteiger partial charge in [0.1, 0.15) is 29.6 Å². The molecule has 0 bridgehead atoms. The SMILES string of the molecule is Nc1cc(N(c2cc(-c3cc(Cl)ccc3F)nc3ccccc23)c2cc(-c3cc(Cl)ccc3F)nc3ccccc23)ncn1. The Morgan fingerprint density at radius 1 is 0.591 bits per heavy atom. The van der Waals surface area contributed by atoms with Gasteiger partial charge in [0, 0.05) is 38.0 Å². The highest BCUT2D eigenvalue weighted by molar-refractivity contribution is 6.31. The molecule has 6 nitrogen and oxygen atoms in total. The maximum atomic E-state index is 15.2. The van der Waals surface area contributed by atoms with Crippen LogP contribution in [0, 0.1) is 11.6 Å². The molecular weight excluding hydrogens is 601 g/mol. The smallest absolute Gasteiger partial charge is 0.143 e. The lowest BCUT2D eigenvalue weighted by Crippen LogP contribution is -2.14. The van der Waals surface area contributed by atoms with Gasteiger partial charge in [0.15, 0.2) is 0 Å². The first kappa shape index (κ1) is 27.6. The molecule has 0 fully saturated rings. The van der Waals surface area contributed by atoms with Gasteiger partial charge in [-0.15, -0.1) is 0 Å². The Labute approximate surface area is 260 Å². The number of rotatable bonds is 5. The first-order chi connectivity index (χ1) is 21.4. The molecule has 2 N–H and O–H groups in total. The molecular formula is C34H20Cl2F2N6. The van der Waals surface area contributed by atoms with Gasteiger partial charge in [-0.25, -0.2) is 28.7 Å². The molecule has 44 heavy (non-hydrogen) atoms. The number of para-hydroxylation sites is 2. The van der Waals surface area contributed by atoms with Gasteiger partial charge in [0.05, 0.1) is 33.8 Å². The Morgan fingerprint density at radius 2 is 1.09 bits per heavy atom. The van der Waals surface area contributed by atoms with Crippen LogP contribution in [-0.4, -0.2) is 19.9 Å². The number of nitrogens with two attached hydrogens (primary N) is 1. The summed E-state index contributed by atoms with van der Waals surface area (Å²) < 4.78 is 30.4. The summed E-state index contributed by atoms with van der Waals surface area (Å²) in [5.41, 5.74) is 9.75. The standard InChI is InChI=1S/C34H20Cl2F2N6/c35-19-9-11-25(37)23(13-19)29-15-31(21-5-1-3-7-27(21)42-29)44(34-17-33(39)40-18-41-34)32-16-30(24-14-20(36)10-12-26(24)38)43-28-8-4-2-6-22(28)32/h1-18H,(H2,39,40,41). The summed E-state index contributed by atoms with van der Waals surface area (Å²) in [5.74, 6) is -0.303. The number of anilines is 4. The van der Waals surface area contributed by atoms with E-state index in [0.29, 0.717) is 49.7 Å². The summed E-state index contributed by atoms with van der Waals surface area (Å²) in [7, 11) is 0. The number of nitrogen functional groups attached to an aromatic ring is 1. The average molecular weight is 621 g/mol. The van der Waals surface area contributed by atoms with Crippen molar-refractivity contribution >= 4 is 68.0 Å². The zero-order valence-electron chi connectivity index (χ0n) is 22.7. The van der Waals surface area contributed by atoms with E-state index in [9.17, 15) is 0 Å². The topological polar surface area (TPSA) is 80.8 Å². The van der Waals surface area contributed by atoms with E-state index < -0.39 is 11.6 Å². The van der Waals surface area contributed by atoms with Crippen molar-refractivity contribution in [1.29, 1.82) is 0 Å². The number of halogens is 4. The van der Waals surface area contributed by atoms with Crippen molar-refractivity contribution in [2.75, 3.05) is 10.6 Å². The molecule has 7 aromatic rings. The highest BCUT2D eigenvalue weighted by Crippen LogP contribution is 2.44. The second-order valence-corrected chi connectivity index (χ2v) is 10.8. The van der Waals surface area contributed by atoms with E-state index in [4.69, 9.17) is 38.9 Å². The van der Waals surface area contributed by atoms with Crippen LogP contribution in [0.15, 0.2) is 109 Å². The van der Waals surface area contributed by atoms with E-state index >= 15 is 8.78 Å². The van der Waals surface area contributed by atoms with Crippen LogP contribution >= 0.6 is 23.2 Å². The van der Waals surface area contributed by atoms with Crippen LogP contribution in [-0.2, 0) is 0 Å². The molecule has 0 aliphatic rings. The third kappa shape index (κ3) is 5.04. The maximum absolute atomic E-state index is 15.2. The third-order valence-electron chi connectivity index (χ3n) is 7.18. The lowest BCUT2D eigenvalue weighted by Gasteiger charge is -2.28. The largest absolute Gasteiger partial charge is 0.384 e. The quantitative estimate of drug-likeness (QED) is 0.206. The summed E-state index contributed by atoms with van der Waals surface area (Å²) in [4.78, 5) is 20.1. The Bertz CT molecular complexity index is 2090. The Kier molecular flexibility index (Phi) is 7.00. The van der Waals surface area contributed by atoms with Crippen LogP contribution in [0.4, 0.5) is 31.8 Å². The third-order valence-corrected chi connectivity index (χ3v) is 7.65. The van der Waals surface area contributed by atoms with Crippen LogP contribution in [0.25, 0.3) is 44.3 Å². The van der Waals surface area contributed by atoms with Crippen LogP contribution < -0.4 is 10.6 Å². The van der Waals surface area contributed by atoms with Gasteiger partial charge in [0.2, 0.25) is 0 Å². The first-order valence-electron chi connectivity index (χ1n) is 13.4. The monoisotopic (exact) mass is 620 g/mol. The normalized spacial score (nSPS) is 11.3. The fourth-order valence-corrected chi connectivity index (χ4v) is 5.55. The van der Waals surface area contributed by atoms with Gasteiger partial charge in [-0.2, -0.15) is 0 Å².